The summed E-state index contributed by atoms with van der Waals surface area (Å²) in [6.07, 6.45) is 5.08. The fourth-order valence-corrected chi connectivity index (χ4v) is 5.09. The number of hydrogen-bond donors (Lipinski definition) is 1. The van der Waals surface area contributed by atoms with Gasteiger partial charge in [0.1, 0.15) is 0 Å². The molecule has 0 bridgehead atoms. The maximum absolute atomic E-state index is 12.4. The molecule has 5 rings (SSSR count). The molecule has 3 aliphatic rings. The fraction of sp³-hybridized carbons (Fsp3) is 0.435. The minimum Gasteiger partial charge on any atom is -0.371 e. The van der Waals surface area contributed by atoms with Crippen molar-refractivity contribution in [3.63, 3.8) is 0 Å². The van der Waals surface area contributed by atoms with Gasteiger partial charge in [0.25, 0.3) is 0 Å². The molecule has 1 saturated carbocycles. The van der Waals surface area contributed by atoms with Crippen LogP contribution in [0.5, 0.6) is 0 Å². The molecule has 1 fully saturated rings. The molecule has 2 aliphatic carbocycles. The number of amides is 1. The molecule has 3 heteroatoms. The van der Waals surface area contributed by atoms with E-state index >= 15 is 0 Å². The Morgan fingerprint density at radius 2 is 1.85 bits per heavy atom. The number of para-hydroxylation sites is 1. The van der Waals surface area contributed by atoms with Gasteiger partial charge >= 0.3 is 0 Å². The lowest BCUT2D eigenvalue weighted by Crippen LogP contribution is -2.29. The molecule has 1 aliphatic heterocycles. The van der Waals surface area contributed by atoms with Crippen LogP contribution in [0.1, 0.15) is 41.9 Å². The van der Waals surface area contributed by atoms with E-state index < -0.39 is 0 Å². The highest BCUT2D eigenvalue weighted by Gasteiger charge is 2.53. The summed E-state index contributed by atoms with van der Waals surface area (Å²) in [5.74, 6) is 1.46. The van der Waals surface area contributed by atoms with Crippen molar-refractivity contribution in [1.82, 2.24) is 5.32 Å². The Morgan fingerprint density at radius 3 is 2.77 bits per heavy atom. The van der Waals surface area contributed by atoms with Crippen molar-refractivity contribution < 1.29 is 4.79 Å². The van der Waals surface area contributed by atoms with Crippen molar-refractivity contribution in [2.75, 3.05) is 18.0 Å². The maximum atomic E-state index is 12.4. The second-order valence-electron chi connectivity index (χ2n) is 7.99. The molecule has 3 atom stereocenters. The van der Waals surface area contributed by atoms with E-state index in [-0.39, 0.29) is 5.91 Å². The van der Waals surface area contributed by atoms with Crippen molar-refractivity contribution in [3.05, 3.63) is 65.2 Å². The van der Waals surface area contributed by atoms with Gasteiger partial charge in [0.2, 0.25) is 5.91 Å². The zero-order valence-corrected chi connectivity index (χ0v) is 15.2. The fourth-order valence-electron chi connectivity index (χ4n) is 5.09. The molecule has 134 valence electrons. The van der Waals surface area contributed by atoms with E-state index in [1.165, 1.54) is 28.8 Å². The molecule has 1 heterocycles. The van der Waals surface area contributed by atoms with Crippen LogP contribution in [-0.4, -0.2) is 25.0 Å². The lowest BCUT2D eigenvalue weighted by atomic mass is 9.92. The lowest BCUT2D eigenvalue weighted by Gasteiger charge is -2.19. The van der Waals surface area contributed by atoms with Crippen molar-refractivity contribution in [2.24, 2.45) is 5.92 Å². The van der Waals surface area contributed by atoms with E-state index in [0.717, 1.165) is 32.4 Å². The number of nitrogens with one attached hydrogen (secondary N) is 1. The average molecular weight is 346 g/mol. The number of aryl methyl sites for hydroxylation is 1. The molecule has 0 unspecified atom stereocenters. The van der Waals surface area contributed by atoms with Crippen LogP contribution < -0.4 is 10.2 Å². The molecule has 1 N–H and O–H groups in total. The predicted molar refractivity (Wildman–Crippen MR) is 105 cm³/mol. The summed E-state index contributed by atoms with van der Waals surface area (Å²) in [5, 5.41) is 3.32. The summed E-state index contributed by atoms with van der Waals surface area (Å²) in [7, 11) is 0. The van der Waals surface area contributed by atoms with Gasteiger partial charge in [-0.25, -0.2) is 0 Å². The summed E-state index contributed by atoms with van der Waals surface area (Å²) < 4.78 is 0. The minimum atomic E-state index is 0.231. The van der Waals surface area contributed by atoms with Crippen LogP contribution in [0, 0.1) is 5.92 Å². The smallest absolute Gasteiger partial charge is 0.220 e. The molecular weight excluding hydrogens is 320 g/mol. The second-order valence-corrected chi connectivity index (χ2v) is 7.99. The largest absolute Gasteiger partial charge is 0.371 e. The molecule has 0 spiro atoms. The van der Waals surface area contributed by atoms with Gasteiger partial charge in [-0.15, -0.1) is 0 Å². The van der Waals surface area contributed by atoms with Crippen LogP contribution in [0.4, 0.5) is 5.69 Å². The molecule has 2 aromatic rings. The van der Waals surface area contributed by atoms with Crippen molar-refractivity contribution in [2.45, 2.75) is 44.1 Å². The van der Waals surface area contributed by atoms with E-state index in [0.29, 0.717) is 24.3 Å². The van der Waals surface area contributed by atoms with Crippen molar-refractivity contribution >= 4 is 11.6 Å². The van der Waals surface area contributed by atoms with Gasteiger partial charge in [0.05, 0.1) is 0 Å². The third-order valence-electron chi connectivity index (χ3n) is 6.47. The van der Waals surface area contributed by atoms with Gasteiger partial charge in [-0.3, -0.25) is 4.79 Å². The number of hydrogen-bond acceptors (Lipinski definition) is 2. The Labute approximate surface area is 155 Å². The topological polar surface area (TPSA) is 32.3 Å². The minimum absolute atomic E-state index is 0.231. The number of carbonyl (C=O) groups excluding carboxylic acids is 1. The van der Waals surface area contributed by atoms with Crippen molar-refractivity contribution in [1.29, 1.82) is 0 Å². The first-order valence-electron chi connectivity index (χ1n) is 10.0. The average Bonchev–Trinajstić information content (AvgIpc) is 3.22. The molecule has 1 amide bonds. The maximum Gasteiger partial charge on any atom is 0.220 e. The number of benzene rings is 2. The number of nitrogens with zero attached hydrogens (tertiary/aromatic N) is 1. The van der Waals surface area contributed by atoms with Gasteiger partial charge in [-0.1, -0.05) is 42.5 Å². The first kappa shape index (κ1) is 15.9. The number of carbonyl (C=O) groups is 1. The molecule has 0 radical (unpaired) electrons. The predicted octanol–water partition coefficient (Wildman–Crippen LogP) is 3.67. The van der Waals surface area contributed by atoms with Crippen LogP contribution in [0.3, 0.4) is 0 Å². The van der Waals surface area contributed by atoms with Crippen LogP contribution >= 0.6 is 0 Å². The van der Waals surface area contributed by atoms with E-state index in [9.17, 15) is 4.79 Å². The summed E-state index contributed by atoms with van der Waals surface area (Å²) in [6, 6.07) is 17.8. The third-order valence-corrected chi connectivity index (χ3v) is 6.47. The van der Waals surface area contributed by atoms with Gasteiger partial charge in [0, 0.05) is 37.2 Å². The van der Waals surface area contributed by atoms with Gasteiger partial charge < -0.3 is 10.2 Å². The zero-order chi connectivity index (χ0) is 17.5. The molecule has 0 saturated heterocycles. The highest BCUT2D eigenvalue weighted by molar-refractivity contribution is 5.77. The highest BCUT2D eigenvalue weighted by Crippen LogP contribution is 2.54. The number of fused-ring (bicyclic) bond motifs is 4. The van der Waals surface area contributed by atoms with Gasteiger partial charge in [0.15, 0.2) is 0 Å². The number of rotatable bonds is 5. The van der Waals surface area contributed by atoms with E-state index in [1.54, 1.807) is 0 Å². The Balaban J connectivity index is 1.12. The summed E-state index contributed by atoms with van der Waals surface area (Å²) in [5.41, 5.74) is 5.76. The molecule has 0 aromatic heterocycles. The number of anilines is 1. The van der Waals surface area contributed by atoms with E-state index in [1.807, 2.05) is 0 Å². The van der Waals surface area contributed by atoms with Gasteiger partial charge in [-0.2, -0.15) is 0 Å². The van der Waals surface area contributed by atoms with Crippen LogP contribution in [0.15, 0.2) is 48.5 Å². The standard InChI is InChI=1S/C23H26N2O/c26-21(10-5-14-25-15-13-17-7-2-4-9-20(17)25)24-23-19-12-11-16-6-1-3-8-18(16)22(19)23/h1-4,6-9,19,22-23H,5,10-15H2,(H,24,26)/t19-,22+,23-/m1/s1. The Bertz CT molecular complexity index is 830. The normalized spacial score (nSPS) is 25.2. The summed E-state index contributed by atoms with van der Waals surface area (Å²) in [4.78, 5) is 14.9. The van der Waals surface area contributed by atoms with Crippen LogP contribution in [-0.2, 0) is 17.6 Å². The monoisotopic (exact) mass is 346 g/mol. The molecule has 3 nitrogen and oxygen atoms in total. The first-order valence-corrected chi connectivity index (χ1v) is 10.0. The van der Waals surface area contributed by atoms with Crippen LogP contribution in [0.2, 0.25) is 0 Å². The molecular formula is C23H26N2O. The first-order chi connectivity index (χ1) is 12.8. The molecule has 26 heavy (non-hydrogen) atoms. The zero-order valence-electron chi connectivity index (χ0n) is 15.2. The lowest BCUT2D eigenvalue weighted by molar-refractivity contribution is -0.121. The Hall–Kier alpha value is -2.29. The third kappa shape index (κ3) is 2.80. The van der Waals surface area contributed by atoms with Gasteiger partial charge in [-0.05, 0) is 54.4 Å². The molecule has 2 aromatic carbocycles. The second kappa shape index (κ2) is 6.46. The Kier molecular flexibility index (Phi) is 3.96. The van der Waals surface area contributed by atoms with E-state index in [4.69, 9.17) is 0 Å². The van der Waals surface area contributed by atoms with E-state index in [2.05, 4.69) is 58.7 Å². The summed E-state index contributed by atoms with van der Waals surface area (Å²) >= 11 is 0. The Morgan fingerprint density at radius 1 is 1.04 bits per heavy atom. The highest BCUT2D eigenvalue weighted by atomic mass is 16.1. The summed E-state index contributed by atoms with van der Waals surface area (Å²) in [6.45, 7) is 2.06. The quantitative estimate of drug-likeness (QED) is 0.896. The van der Waals surface area contributed by atoms with Crippen LogP contribution in [0.25, 0.3) is 0 Å². The SMILES string of the molecule is O=C(CCCN1CCc2ccccc21)N[C@@H]1[C@@H]2CCc3ccccc3[C@@H]21. The van der Waals surface area contributed by atoms with Crippen molar-refractivity contribution in [3.8, 4) is 0 Å².